The monoisotopic (exact) mass is 590 g/mol. The number of hydrogen-bond acceptors (Lipinski definition) is 7. The molecule has 1 aliphatic heterocycles. The van der Waals surface area contributed by atoms with Crippen molar-refractivity contribution in [2.45, 2.75) is 39.7 Å². The summed E-state index contributed by atoms with van der Waals surface area (Å²) in [4.78, 5) is 44.0. The van der Waals surface area contributed by atoms with Gasteiger partial charge in [0, 0.05) is 37.4 Å². The number of ether oxygens (including phenoxy) is 1. The number of pyridine rings is 2. The first-order valence-electron chi connectivity index (χ1n) is 13.7. The number of aryl methyl sites for hydroxylation is 1. The van der Waals surface area contributed by atoms with Crippen molar-refractivity contribution in [2.24, 2.45) is 0 Å². The highest BCUT2D eigenvalue weighted by atomic mass is 35.5. The molecule has 0 radical (unpaired) electrons. The van der Waals surface area contributed by atoms with Gasteiger partial charge in [0.1, 0.15) is 17.4 Å². The van der Waals surface area contributed by atoms with Crippen LogP contribution in [0.25, 0.3) is 28.0 Å². The fourth-order valence-corrected chi connectivity index (χ4v) is 5.67. The molecule has 1 fully saturated rings. The second kappa shape index (κ2) is 11.5. The van der Waals surface area contributed by atoms with Gasteiger partial charge in [-0.2, -0.15) is 4.98 Å². The predicted octanol–water partition coefficient (Wildman–Crippen LogP) is 5.30. The normalized spacial score (nSPS) is 15.4. The van der Waals surface area contributed by atoms with E-state index in [1.54, 1.807) is 17.2 Å². The molecular formula is C31H32ClFN6O3. The van der Waals surface area contributed by atoms with Crippen LogP contribution < -0.4 is 15.3 Å². The zero-order valence-corrected chi connectivity index (χ0v) is 24.9. The summed E-state index contributed by atoms with van der Waals surface area (Å²) in [7, 11) is 1.49. The fourth-order valence-electron chi connectivity index (χ4n) is 5.41. The molecule has 5 rings (SSSR count). The summed E-state index contributed by atoms with van der Waals surface area (Å²) in [6.07, 6.45) is 3.00. The highest BCUT2D eigenvalue weighted by molar-refractivity contribution is 6.34. The number of hydrogen-bond donors (Lipinski definition) is 0. The van der Waals surface area contributed by atoms with Gasteiger partial charge in [-0.25, -0.2) is 18.7 Å². The molecule has 4 aromatic rings. The first-order chi connectivity index (χ1) is 20.0. The standard InChI is InChI=1S/C31H32ClFN6O3/c1-7-25(40)37-12-13-38(19(5)16-37)29-22-15-23(32)27(21-14-20(42-6)8-9-24(21)33)35-30(22)39(31(41)36-29)28-18(4)10-11-34-26(28)17(2)3/h7-11,14-15,17,19H,1,12-13,16H2,2-6H3/t19-/m0/s1. The van der Waals surface area contributed by atoms with Crippen LogP contribution in [0.1, 0.15) is 37.9 Å². The highest BCUT2D eigenvalue weighted by Gasteiger charge is 2.30. The summed E-state index contributed by atoms with van der Waals surface area (Å²) in [6.45, 7) is 12.7. The Hall–Kier alpha value is -4.31. The van der Waals surface area contributed by atoms with Crippen LogP contribution in [0.3, 0.4) is 0 Å². The number of anilines is 1. The molecule has 1 saturated heterocycles. The number of aromatic nitrogens is 4. The second-order valence-electron chi connectivity index (χ2n) is 10.6. The smallest absolute Gasteiger partial charge is 0.355 e. The van der Waals surface area contributed by atoms with Crippen molar-refractivity contribution in [3.05, 3.63) is 81.8 Å². The number of halogens is 2. The van der Waals surface area contributed by atoms with Crippen LogP contribution in [0.15, 0.2) is 54.0 Å². The van der Waals surface area contributed by atoms with Crippen molar-refractivity contribution < 1.29 is 13.9 Å². The van der Waals surface area contributed by atoms with E-state index in [1.807, 2.05) is 38.7 Å². The average Bonchev–Trinajstić information content (AvgIpc) is 2.97. The lowest BCUT2D eigenvalue weighted by Crippen LogP contribution is -2.54. The summed E-state index contributed by atoms with van der Waals surface area (Å²) in [5.74, 6) is 0.120. The van der Waals surface area contributed by atoms with Crippen LogP contribution in [0.5, 0.6) is 5.75 Å². The lowest BCUT2D eigenvalue weighted by molar-refractivity contribution is -0.126. The maximum Gasteiger partial charge on any atom is 0.355 e. The van der Waals surface area contributed by atoms with Crippen molar-refractivity contribution in [3.63, 3.8) is 0 Å². The van der Waals surface area contributed by atoms with E-state index in [2.05, 4.69) is 16.5 Å². The fraction of sp³-hybridized carbons (Fsp3) is 0.323. The van der Waals surface area contributed by atoms with E-state index in [1.165, 1.54) is 36.0 Å². The molecule has 0 bridgehead atoms. The average molecular weight is 591 g/mol. The van der Waals surface area contributed by atoms with E-state index in [-0.39, 0.29) is 39.8 Å². The Kier molecular flexibility index (Phi) is 8.01. The molecule has 0 saturated carbocycles. The third-order valence-electron chi connectivity index (χ3n) is 7.54. The van der Waals surface area contributed by atoms with E-state index < -0.39 is 11.5 Å². The topological polar surface area (TPSA) is 93.5 Å². The Morgan fingerprint density at radius 1 is 1.21 bits per heavy atom. The van der Waals surface area contributed by atoms with Gasteiger partial charge in [-0.05, 0) is 61.7 Å². The minimum atomic E-state index is -0.556. The Bertz CT molecular complexity index is 1770. The molecule has 218 valence electrons. The van der Waals surface area contributed by atoms with Crippen LogP contribution in [0, 0.1) is 12.7 Å². The third kappa shape index (κ3) is 5.11. The maximum absolute atomic E-state index is 15.2. The first-order valence-corrected chi connectivity index (χ1v) is 14.0. The molecule has 0 aliphatic carbocycles. The molecule has 0 unspecified atom stereocenters. The van der Waals surface area contributed by atoms with Gasteiger partial charge in [-0.3, -0.25) is 9.78 Å². The molecular weight excluding hydrogens is 559 g/mol. The summed E-state index contributed by atoms with van der Waals surface area (Å²) in [5, 5.41) is 0.697. The van der Waals surface area contributed by atoms with Gasteiger partial charge in [0.05, 0.1) is 34.6 Å². The van der Waals surface area contributed by atoms with Gasteiger partial charge in [0.15, 0.2) is 5.65 Å². The van der Waals surface area contributed by atoms with Crippen LogP contribution in [0.2, 0.25) is 5.02 Å². The molecule has 4 heterocycles. The summed E-state index contributed by atoms with van der Waals surface area (Å²) >= 11 is 6.81. The second-order valence-corrected chi connectivity index (χ2v) is 11.0. The van der Waals surface area contributed by atoms with Crippen molar-refractivity contribution >= 4 is 34.4 Å². The molecule has 0 spiro atoms. The van der Waals surface area contributed by atoms with Crippen molar-refractivity contribution in [3.8, 4) is 22.7 Å². The number of fused-ring (bicyclic) bond motifs is 1. The van der Waals surface area contributed by atoms with Crippen LogP contribution in [-0.2, 0) is 4.79 Å². The number of piperazine rings is 1. The molecule has 9 nitrogen and oxygen atoms in total. The lowest BCUT2D eigenvalue weighted by Gasteiger charge is -2.40. The summed E-state index contributed by atoms with van der Waals surface area (Å²) in [5.41, 5.74) is 2.08. The van der Waals surface area contributed by atoms with Gasteiger partial charge in [0.25, 0.3) is 0 Å². The number of carbonyl (C=O) groups excluding carboxylic acids is 1. The SMILES string of the molecule is C=CC(=O)N1CCN(c2nc(=O)n(-c3c(C)ccnc3C(C)C)c3nc(-c4cc(OC)ccc4F)c(Cl)cc23)[C@@H](C)C1. The van der Waals surface area contributed by atoms with Crippen molar-refractivity contribution in [1.82, 2.24) is 24.4 Å². The van der Waals surface area contributed by atoms with Gasteiger partial charge >= 0.3 is 5.69 Å². The number of amides is 1. The minimum Gasteiger partial charge on any atom is -0.497 e. The number of carbonyl (C=O) groups is 1. The molecule has 3 aromatic heterocycles. The number of methoxy groups -OCH3 is 1. The Balaban J connectivity index is 1.82. The van der Waals surface area contributed by atoms with Gasteiger partial charge < -0.3 is 14.5 Å². The van der Waals surface area contributed by atoms with E-state index in [0.717, 1.165) is 5.56 Å². The van der Waals surface area contributed by atoms with Crippen molar-refractivity contribution in [1.29, 1.82) is 0 Å². The third-order valence-corrected chi connectivity index (χ3v) is 7.83. The molecule has 1 aliphatic rings. The van der Waals surface area contributed by atoms with Crippen molar-refractivity contribution in [2.75, 3.05) is 31.6 Å². The summed E-state index contributed by atoms with van der Waals surface area (Å²) in [6, 6.07) is 7.64. The summed E-state index contributed by atoms with van der Waals surface area (Å²) < 4.78 is 21.9. The Labute approximate surface area is 248 Å². The lowest BCUT2D eigenvalue weighted by atomic mass is 10.0. The maximum atomic E-state index is 15.2. The molecule has 1 amide bonds. The van der Waals surface area contributed by atoms with Gasteiger partial charge in [0.2, 0.25) is 5.91 Å². The van der Waals surface area contributed by atoms with Crippen LogP contribution in [-0.4, -0.2) is 63.1 Å². The molecule has 1 atom stereocenters. The van der Waals surface area contributed by atoms with E-state index >= 15 is 4.39 Å². The minimum absolute atomic E-state index is 0.0142. The van der Waals surface area contributed by atoms with Gasteiger partial charge in [-0.15, -0.1) is 0 Å². The first kappa shape index (κ1) is 29.2. The largest absolute Gasteiger partial charge is 0.497 e. The predicted molar refractivity (Wildman–Crippen MR) is 162 cm³/mol. The van der Waals surface area contributed by atoms with E-state index in [0.29, 0.717) is 48.0 Å². The quantitative estimate of drug-likeness (QED) is 0.281. The molecule has 11 heteroatoms. The number of rotatable bonds is 6. The number of benzene rings is 1. The van der Waals surface area contributed by atoms with Crippen LogP contribution in [0.4, 0.5) is 10.2 Å². The Morgan fingerprint density at radius 2 is 1.98 bits per heavy atom. The van der Waals surface area contributed by atoms with Crippen LogP contribution >= 0.6 is 11.6 Å². The Morgan fingerprint density at radius 3 is 2.64 bits per heavy atom. The highest BCUT2D eigenvalue weighted by Crippen LogP contribution is 2.37. The van der Waals surface area contributed by atoms with E-state index in [9.17, 15) is 9.59 Å². The molecule has 1 aromatic carbocycles. The van der Waals surface area contributed by atoms with Gasteiger partial charge in [-0.1, -0.05) is 32.0 Å². The number of nitrogens with zero attached hydrogens (tertiary/aromatic N) is 6. The molecule has 0 N–H and O–H groups in total. The van der Waals surface area contributed by atoms with E-state index in [4.69, 9.17) is 21.3 Å². The zero-order valence-electron chi connectivity index (χ0n) is 24.2. The zero-order chi connectivity index (χ0) is 30.3. The molecule has 42 heavy (non-hydrogen) atoms.